The summed E-state index contributed by atoms with van der Waals surface area (Å²) in [4.78, 5) is 12.0. The van der Waals surface area contributed by atoms with Crippen LogP contribution in [0, 0.1) is 5.92 Å². The second-order valence-electron chi connectivity index (χ2n) is 6.35. The first kappa shape index (κ1) is 16.2. The van der Waals surface area contributed by atoms with Crippen molar-refractivity contribution in [3.63, 3.8) is 0 Å². The lowest BCUT2D eigenvalue weighted by Crippen LogP contribution is -2.27. The molecule has 2 heterocycles. The van der Waals surface area contributed by atoms with Crippen LogP contribution in [0.3, 0.4) is 0 Å². The summed E-state index contributed by atoms with van der Waals surface area (Å²) in [6.07, 6.45) is 9.50. The average Bonchev–Trinajstić information content (AvgIpc) is 3.12. The monoisotopic (exact) mass is 338 g/mol. The highest BCUT2D eigenvalue weighted by atomic mass is 32.2. The SMILES string of the molecule is O=C(C[C@@H]1C=CS(=O)(=O)C1)NCc1nncn1C1CCCCC1. The molecule has 23 heavy (non-hydrogen) atoms. The predicted octanol–water partition coefficient (Wildman–Crippen LogP) is 1.35. The summed E-state index contributed by atoms with van der Waals surface area (Å²) >= 11 is 0. The Kier molecular flexibility index (Phi) is 4.79. The van der Waals surface area contributed by atoms with Crippen LogP contribution in [0.25, 0.3) is 0 Å². The number of sulfone groups is 1. The number of carbonyl (C=O) groups is 1. The molecule has 126 valence electrons. The normalized spacial score (nSPS) is 23.9. The van der Waals surface area contributed by atoms with Gasteiger partial charge in [-0.05, 0) is 12.8 Å². The second kappa shape index (κ2) is 6.82. The van der Waals surface area contributed by atoms with Crippen molar-refractivity contribution in [2.75, 3.05) is 5.75 Å². The molecule has 1 aromatic rings. The highest BCUT2D eigenvalue weighted by molar-refractivity contribution is 7.94. The van der Waals surface area contributed by atoms with Gasteiger partial charge in [0, 0.05) is 23.8 Å². The lowest BCUT2D eigenvalue weighted by atomic mass is 9.95. The van der Waals surface area contributed by atoms with Crippen molar-refractivity contribution in [1.82, 2.24) is 20.1 Å². The van der Waals surface area contributed by atoms with Crippen molar-refractivity contribution in [3.8, 4) is 0 Å². The first-order valence-electron chi connectivity index (χ1n) is 8.09. The van der Waals surface area contributed by atoms with E-state index in [2.05, 4.69) is 20.1 Å². The maximum atomic E-state index is 12.0. The smallest absolute Gasteiger partial charge is 0.220 e. The Morgan fingerprint density at radius 1 is 1.30 bits per heavy atom. The number of nitrogens with zero attached hydrogens (tertiary/aromatic N) is 3. The summed E-state index contributed by atoms with van der Waals surface area (Å²) < 4.78 is 24.8. The van der Waals surface area contributed by atoms with Gasteiger partial charge in [-0.3, -0.25) is 4.79 Å². The number of aromatic nitrogens is 3. The Morgan fingerprint density at radius 2 is 2.09 bits per heavy atom. The van der Waals surface area contributed by atoms with E-state index in [-0.39, 0.29) is 24.0 Å². The van der Waals surface area contributed by atoms with Crippen LogP contribution in [0.5, 0.6) is 0 Å². The van der Waals surface area contributed by atoms with E-state index in [9.17, 15) is 13.2 Å². The molecule has 1 aromatic heterocycles. The maximum absolute atomic E-state index is 12.0. The van der Waals surface area contributed by atoms with Crippen LogP contribution in [0.1, 0.15) is 50.4 Å². The topological polar surface area (TPSA) is 93.9 Å². The molecule has 0 spiro atoms. The quantitative estimate of drug-likeness (QED) is 0.874. The average molecular weight is 338 g/mol. The zero-order chi connectivity index (χ0) is 16.3. The molecule has 8 heteroatoms. The van der Waals surface area contributed by atoms with Gasteiger partial charge < -0.3 is 9.88 Å². The van der Waals surface area contributed by atoms with Gasteiger partial charge in [-0.2, -0.15) is 0 Å². The number of allylic oxidation sites excluding steroid dienone is 1. The van der Waals surface area contributed by atoms with Crippen molar-refractivity contribution in [3.05, 3.63) is 23.6 Å². The predicted molar refractivity (Wildman–Crippen MR) is 85.0 cm³/mol. The number of hydrogen-bond donors (Lipinski definition) is 1. The highest BCUT2D eigenvalue weighted by Crippen LogP contribution is 2.28. The number of rotatable bonds is 5. The molecule has 1 saturated carbocycles. The van der Waals surface area contributed by atoms with Gasteiger partial charge in [0.15, 0.2) is 15.7 Å². The van der Waals surface area contributed by atoms with E-state index in [1.807, 2.05) is 0 Å². The van der Waals surface area contributed by atoms with Crippen LogP contribution in [-0.2, 0) is 21.2 Å². The molecule has 1 amide bonds. The third kappa shape index (κ3) is 4.19. The van der Waals surface area contributed by atoms with Gasteiger partial charge >= 0.3 is 0 Å². The van der Waals surface area contributed by atoms with E-state index in [0.717, 1.165) is 18.7 Å². The first-order valence-corrected chi connectivity index (χ1v) is 9.81. The van der Waals surface area contributed by atoms with Crippen molar-refractivity contribution in [2.45, 2.75) is 51.1 Å². The van der Waals surface area contributed by atoms with Crippen molar-refractivity contribution >= 4 is 15.7 Å². The summed E-state index contributed by atoms with van der Waals surface area (Å²) in [7, 11) is -3.11. The van der Waals surface area contributed by atoms with Crippen LogP contribution in [-0.4, -0.2) is 34.8 Å². The van der Waals surface area contributed by atoms with E-state index in [4.69, 9.17) is 0 Å². The maximum Gasteiger partial charge on any atom is 0.220 e. The van der Waals surface area contributed by atoms with Crippen LogP contribution in [0.2, 0.25) is 0 Å². The molecule has 0 saturated heterocycles. The summed E-state index contributed by atoms with van der Waals surface area (Å²) in [5.74, 6) is 0.407. The molecule has 0 unspecified atom stereocenters. The van der Waals surface area contributed by atoms with E-state index < -0.39 is 9.84 Å². The van der Waals surface area contributed by atoms with Gasteiger partial charge in [0.2, 0.25) is 5.91 Å². The minimum absolute atomic E-state index is 0.0265. The largest absolute Gasteiger partial charge is 0.349 e. The minimum Gasteiger partial charge on any atom is -0.349 e. The Bertz CT molecular complexity index is 689. The fourth-order valence-electron chi connectivity index (χ4n) is 3.31. The van der Waals surface area contributed by atoms with E-state index in [1.54, 1.807) is 12.4 Å². The third-order valence-electron chi connectivity index (χ3n) is 4.51. The molecule has 1 atom stereocenters. The zero-order valence-corrected chi connectivity index (χ0v) is 13.8. The minimum atomic E-state index is -3.11. The Labute approximate surface area is 136 Å². The Morgan fingerprint density at radius 3 is 2.78 bits per heavy atom. The molecule has 1 fully saturated rings. The standard InChI is InChI=1S/C15H22N4O3S/c20-15(8-12-6-7-23(21,22)10-12)16-9-14-18-17-11-19(14)13-4-2-1-3-5-13/h6-7,11-13H,1-5,8-10H2,(H,16,20)/t12-/m0/s1. The van der Waals surface area contributed by atoms with Crippen LogP contribution >= 0.6 is 0 Å². The fourth-order valence-corrected chi connectivity index (χ4v) is 4.71. The molecule has 1 N–H and O–H groups in total. The van der Waals surface area contributed by atoms with Crippen LogP contribution < -0.4 is 5.32 Å². The summed E-state index contributed by atoms with van der Waals surface area (Å²) in [5.41, 5.74) is 0. The summed E-state index contributed by atoms with van der Waals surface area (Å²) in [6.45, 7) is 0.332. The van der Waals surface area contributed by atoms with Gasteiger partial charge in [0.05, 0.1) is 12.3 Å². The number of amides is 1. The molecule has 2 aliphatic rings. The molecule has 1 aliphatic carbocycles. The van der Waals surface area contributed by atoms with Crippen molar-refractivity contribution in [1.29, 1.82) is 0 Å². The van der Waals surface area contributed by atoms with Crippen molar-refractivity contribution < 1.29 is 13.2 Å². The summed E-state index contributed by atoms with van der Waals surface area (Å²) in [5, 5.41) is 12.1. The van der Waals surface area contributed by atoms with Crippen LogP contribution in [0.4, 0.5) is 0 Å². The van der Waals surface area contributed by atoms with Crippen molar-refractivity contribution in [2.24, 2.45) is 5.92 Å². The molecular formula is C15H22N4O3S. The molecule has 0 bridgehead atoms. The molecule has 0 radical (unpaired) electrons. The molecule has 1 aliphatic heterocycles. The number of hydrogen-bond acceptors (Lipinski definition) is 5. The van der Waals surface area contributed by atoms with E-state index >= 15 is 0 Å². The Balaban J connectivity index is 1.51. The molecule has 0 aromatic carbocycles. The van der Waals surface area contributed by atoms with Gasteiger partial charge in [0.25, 0.3) is 0 Å². The molecule has 3 rings (SSSR count). The lowest BCUT2D eigenvalue weighted by molar-refractivity contribution is -0.121. The van der Waals surface area contributed by atoms with E-state index in [1.165, 1.54) is 24.7 Å². The zero-order valence-electron chi connectivity index (χ0n) is 13.0. The van der Waals surface area contributed by atoms with Crippen LogP contribution in [0.15, 0.2) is 17.8 Å². The van der Waals surface area contributed by atoms with Gasteiger partial charge in [-0.25, -0.2) is 8.42 Å². The summed E-state index contributed by atoms with van der Waals surface area (Å²) in [6, 6.07) is 0.425. The van der Waals surface area contributed by atoms with Gasteiger partial charge in [-0.1, -0.05) is 25.3 Å². The number of carbonyl (C=O) groups excluding carboxylic acids is 1. The van der Waals surface area contributed by atoms with Gasteiger partial charge in [0.1, 0.15) is 6.33 Å². The first-order chi connectivity index (χ1) is 11.0. The number of nitrogens with one attached hydrogen (secondary N) is 1. The van der Waals surface area contributed by atoms with E-state index in [0.29, 0.717) is 12.6 Å². The molecule has 7 nitrogen and oxygen atoms in total. The highest BCUT2D eigenvalue weighted by Gasteiger charge is 2.24. The lowest BCUT2D eigenvalue weighted by Gasteiger charge is -2.24. The molecular weight excluding hydrogens is 316 g/mol. The van der Waals surface area contributed by atoms with Gasteiger partial charge in [-0.15, -0.1) is 10.2 Å². The fraction of sp³-hybridized carbons (Fsp3) is 0.667. The second-order valence-corrected chi connectivity index (χ2v) is 8.28. The Hall–Kier alpha value is -1.70. The third-order valence-corrected chi connectivity index (χ3v) is 5.98.